The molecule has 8 heteroatoms. The molecule has 0 saturated carbocycles. The highest BCUT2D eigenvalue weighted by molar-refractivity contribution is 6.30. The van der Waals surface area contributed by atoms with Crippen molar-refractivity contribution in [3.63, 3.8) is 0 Å². The highest BCUT2D eigenvalue weighted by Crippen LogP contribution is 2.40. The van der Waals surface area contributed by atoms with E-state index in [-0.39, 0.29) is 6.61 Å². The summed E-state index contributed by atoms with van der Waals surface area (Å²) in [5, 5.41) is 8.82. The molecule has 0 aliphatic heterocycles. The van der Waals surface area contributed by atoms with Crippen LogP contribution >= 0.6 is 11.6 Å². The van der Waals surface area contributed by atoms with Gasteiger partial charge in [-0.15, -0.1) is 10.2 Å². The molecule has 3 aromatic rings. The van der Waals surface area contributed by atoms with Crippen LogP contribution in [0.3, 0.4) is 0 Å². The molecule has 0 amide bonds. The zero-order chi connectivity index (χ0) is 20.3. The van der Waals surface area contributed by atoms with E-state index in [4.69, 9.17) is 35.0 Å². The molecule has 0 atom stereocenters. The number of nitrogens with zero attached hydrogens (tertiary/aromatic N) is 2. The Labute approximate surface area is 168 Å². The van der Waals surface area contributed by atoms with Gasteiger partial charge in [-0.05, 0) is 49.2 Å². The first kappa shape index (κ1) is 19.8. The quantitative estimate of drug-likeness (QED) is 0.569. The van der Waals surface area contributed by atoms with Crippen molar-refractivity contribution in [2.75, 3.05) is 21.3 Å². The SMILES string of the molecule is COc1cc(-c2nnc(COc3c(C)cc(Cl)cc3C)o2)cc(OC)c1OC. The van der Waals surface area contributed by atoms with Gasteiger partial charge in [0.2, 0.25) is 11.6 Å². The van der Waals surface area contributed by atoms with Gasteiger partial charge in [0.25, 0.3) is 5.89 Å². The Morgan fingerprint density at radius 3 is 2.00 bits per heavy atom. The third kappa shape index (κ3) is 3.99. The summed E-state index contributed by atoms with van der Waals surface area (Å²) >= 11 is 6.06. The maximum absolute atomic E-state index is 6.06. The lowest BCUT2D eigenvalue weighted by atomic mass is 10.1. The van der Waals surface area contributed by atoms with Crippen molar-refractivity contribution in [3.05, 3.63) is 46.3 Å². The molecule has 0 aliphatic carbocycles. The highest BCUT2D eigenvalue weighted by Gasteiger charge is 2.18. The van der Waals surface area contributed by atoms with E-state index in [9.17, 15) is 0 Å². The summed E-state index contributed by atoms with van der Waals surface area (Å²) in [5.74, 6) is 2.91. The largest absolute Gasteiger partial charge is 0.493 e. The Kier molecular flexibility index (Phi) is 5.94. The Morgan fingerprint density at radius 2 is 1.46 bits per heavy atom. The van der Waals surface area contributed by atoms with Crippen LogP contribution in [0.25, 0.3) is 11.5 Å². The second kappa shape index (κ2) is 8.39. The zero-order valence-electron chi connectivity index (χ0n) is 16.3. The van der Waals surface area contributed by atoms with Crippen LogP contribution in [0.5, 0.6) is 23.0 Å². The topological polar surface area (TPSA) is 75.8 Å². The van der Waals surface area contributed by atoms with E-state index in [2.05, 4.69) is 10.2 Å². The number of hydrogen-bond acceptors (Lipinski definition) is 7. The summed E-state index contributed by atoms with van der Waals surface area (Å²) in [6, 6.07) is 7.18. The fourth-order valence-corrected chi connectivity index (χ4v) is 3.22. The van der Waals surface area contributed by atoms with E-state index in [0.29, 0.717) is 39.6 Å². The number of halogens is 1. The number of aromatic nitrogens is 2. The molecule has 0 N–H and O–H groups in total. The second-order valence-electron chi connectivity index (χ2n) is 6.07. The molecule has 3 rings (SSSR count). The summed E-state index contributed by atoms with van der Waals surface area (Å²) in [4.78, 5) is 0. The summed E-state index contributed by atoms with van der Waals surface area (Å²) < 4.78 is 27.6. The average molecular weight is 405 g/mol. The van der Waals surface area contributed by atoms with E-state index in [1.54, 1.807) is 33.5 Å². The van der Waals surface area contributed by atoms with E-state index in [1.807, 2.05) is 26.0 Å². The van der Waals surface area contributed by atoms with Gasteiger partial charge in [-0.1, -0.05) is 11.6 Å². The Morgan fingerprint density at radius 1 is 0.857 bits per heavy atom. The predicted octanol–water partition coefficient (Wildman–Crippen LogP) is 4.61. The second-order valence-corrected chi connectivity index (χ2v) is 6.51. The molecule has 148 valence electrons. The van der Waals surface area contributed by atoms with Crippen LogP contribution in [-0.4, -0.2) is 31.5 Å². The monoisotopic (exact) mass is 404 g/mol. The van der Waals surface area contributed by atoms with Crippen LogP contribution in [0.1, 0.15) is 17.0 Å². The number of benzene rings is 2. The molecule has 0 saturated heterocycles. The van der Waals surface area contributed by atoms with Gasteiger partial charge < -0.3 is 23.4 Å². The first-order valence-corrected chi connectivity index (χ1v) is 8.87. The fourth-order valence-electron chi connectivity index (χ4n) is 2.89. The van der Waals surface area contributed by atoms with Gasteiger partial charge in [0, 0.05) is 10.6 Å². The van der Waals surface area contributed by atoms with Gasteiger partial charge in [-0.3, -0.25) is 0 Å². The summed E-state index contributed by atoms with van der Waals surface area (Å²) in [6.45, 7) is 4.01. The molecule has 28 heavy (non-hydrogen) atoms. The van der Waals surface area contributed by atoms with Crippen LogP contribution in [0.15, 0.2) is 28.7 Å². The average Bonchev–Trinajstić information content (AvgIpc) is 3.14. The van der Waals surface area contributed by atoms with Crippen molar-refractivity contribution in [1.29, 1.82) is 0 Å². The Hall–Kier alpha value is -2.93. The van der Waals surface area contributed by atoms with E-state index >= 15 is 0 Å². The number of hydrogen-bond donors (Lipinski definition) is 0. The lowest BCUT2D eigenvalue weighted by Gasteiger charge is -2.12. The van der Waals surface area contributed by atoms with Gasteiger partial charge in [0.05, 0.1) is 21.3 Å². The van der Waals surface area contributed by atoms with Crippen LogP contribution in [0.2, 0.25) is 5.02 Å². The third-order valence-corrected chi connectivity index (χ3v) is 4.36. The lowest BCUT2D eigenvalue weighted by Crippen LogP contribution is -1.99. The summed E-state index contributed by atoms with van der Waals surface area (Å²) in [5.41, 5.74) is 2.52. The van der Waals surface area contributed by atoms with E-state index < -0.39 is 0 Å². The summed E-state index contributed by atoms with van der Waals surface area (Å²) in [6.07, 6.45) is 0. The smallest absolute Gasteiger partial charge is 0.254 e. The highest BCUT2D eigenvalue weighted by atomic mass is 35.5. The third-order valence-electron chi connectivity index (χ3n) is 4.14. The molecule has 1 heterocycles. The van der Waals surface area contributed by atoms with Gasteiger partial charge in [0.1, 0.15) is 5.75 Å². The van der Waals surface area contributed by atoms with Crippen LogP contribution in [0, 0.1) is 13.8 Å². The first-order chi connectivity index (χ1) is 13.5. The lowest BCUT2D eigenvalue weighted by molar-refractivity contribution is 0.261. The first-order valence-electron chi connectivity index (χ1n) is 8.49. The van der Waals surface area contributed by atoms with Crippen molar-refractivity contribution >= 4 is 11.6 Å². The van der Waals surface area contributed by atoms with Crippen molar-refractivity contribution in [2.24, 2.45) is 0 Å². The van der Waals surface area contributed by atoms with Crippen LogP contribution in [-0.2, 0) is 6.61 Å². The molecule has 0 spiro atoms. The predicted molar refractivity (Wildman–Crippen MR) is 105 cm³/mol. The number of rotatable bonds is 7. The molecule has 0 bridgehead atoms. The number of ether oxygens (including phenoxy) is 4. The minimum atomic E-state index is 0.140. The van der Waals surface area contributed by atoms with E-state index in [0.717, 1.165) is 16.9 Å². The minimum Gasteiger partial charge on any atom is -0.493 e. The van der Waals surface area contributed by atoms with Crippen molar-refractivity contribution < 1.29 is 23.4 Å². The van der Waals surface area contributed by atoms with Gasteiger partial charge in [0.15, 0.2) is 18.1 Å². The van der Waals surface area contributed by atoms with E-state index in [1.165, 1.54) is 0 Å². The number of methoxy groups -OCH3 is 3. The maximum atomic E-state index is 6.06. The molecule has 0 unspecified atom stereocenters. The molecule has 7 nitrogen and oxygen atoms in total. The standard InChI is InChI=1S/C20H21ClN2O5/c1-11-6-14(21)7-12(2)18(11)27-10-17-22-23-20(28-17)13-8-15(24-3)19(26-5)16(9-13)25-4/h6-9H,10H2,1-5H3. The molecule has 1 aromatic heterocycles. The van der Waals surface area contributed by atoms with Crippen LogP contribution < -0.4 is 18.9 Å². The zero-order valence-corrected chi connectivity index (χ0v) is 17.1. The summed E-state index contributed by atoms with van der Waals surface area (Å²) in [7, 11) is 4.64. The minimum absolute atomic E-state index is 0.140. The molecule has 0 aliphatic rings. The van der Waals surface area contributed by atoms with Crippen molar-refractivity contribution in [2.45, 2.75) is 20.5 Å². The maximum Gasteiger partial charge on any atom is 0.254 e. The van der Waals surface area contributed by atoms with Gasteiger partial charge in [-0.25, -0.2) is 0 Å². The normalized spacial score (nSPS) is 10.6. The number of aryl methyl sites for hydroxylation is 2. The fraction of sp³-hybridized carbons (Fsp3) is 0.300. The molecular weight excluding hydrogens is 384 g/mol. The van der Waals surface area contributed by atoms with Gasteiger partial charge in [-0.2, -0.15) is 0 Å². The molecule has 2 aromatic carbocycles. The van der Waals surface area contributed by atoms with Crippen LogP contribution in [0.4, 0.5) is 0 Å². The van der Waals surface area contributed by atoms with Crippen molar-refractivity contribution in [3.8, 4) is 34.5 Å². The molecule has 0 fully saturated rings. The Bertz CT molecular complexity index is 938. The van der Waals surface area contributed by atoms with Crippen molar-refractivity contribution in [1.82, 2.24) is 10.2 Å². The van der Waals surface area contributed by atoms with Gasteiger partial charge >= 0.3 is 0 Å². The molecule has 0 radical (unpaired) electrons. The molecular formula is C20H21ClN2O5. The Balaban J connectivity index is 1.83.